The second-order valence-corrected chi connectivity index (χ2v) is 7.60. The van der Waals surface area contributed by atoms with E-state index < -0.39 is 0 Å². The molecular formula is C20H18ClNO3S. The van der Waals surface area contributed by atoms with Crippen molar-refractivity contribution >= 4 is 39.6 Å². The first kappa shape index (κ1) is 18.5. The van der Waals surface area contributed by atoms with Gasteiger partial charge in [0, 0.05) is 36.4 Å². The lowest BCUT2D eigenvalue weighted by Crippen LogP contribution is -2.16. The number of hydrogen-bond donors (Lipinski definition) is 0. The number of thioether (sulfide) groups is 1. The van der Waals surface area contributed by atoms with Crippen LogP contribution in [0.15, 0.2) is 56.6 Å². The van der Waals surface area contributed by atoms with Crippen LogP contribution in [-0.2, 0) is 6.42 Å². The Balaban J connectivity index is 2.07. The fourth-order valence-corrected chi connectivity index (χ4v) is 3.63. The molecule has 1 amide bonds. The van der Waals surface area contributed by atoms with Gasteiger partial charge in [-0.3, -0.25) is 4.79 Å². The largest absolute Gasteiger partial charge is 0.422 e. The average Bonchev–Trinajstić information content (AvgIpc) is 2.61. The first-order chi connectivity index (χ1) is 12.4. The number of benzene rings is 2. The van der Waals surface area contributed by atoms with E-state index >= 15 is 0 Å². The average molecular weight is 388 g/mol. The third-order valence-corrected chi connectivity index (χ3v) is 5.65. The second-order valence-electron chi connectivity index (χ2n) is 6.20. The highest BCUT2D eigenvalue weighted by Gasteiger charge is 2.16. The van der Waals surface area contributed by atoms with Gasteiger partial charge in [0.05, 0.1) is 5.02 Å². The predicted molar refractivity (Wildman–Crippen MR) is 106 cm³/mol. The van der Waals surface area contributed by atoms with E-state index in [2.05, 4.69) is 0 Å². The highest BCUT2D eigenvalue weighted by atomic mass is 35.5. The second kappa shape index (κ2) is 7.56. The SMILES string of the molecule is Cc1c(Cc2ccccc2)c(=O)oc2cc(SC(=O)N(C)C)c(Cl)cc12. The van der Waals surface area contributed by atoms with Gasteiger partial charge in [0.1, 0.15) is 5.58 Å². The quantitative estimate of drug-likeness (QED) is 0.462. The third-order valence-electron chi connectivity index (χ3n) is 4.13. The van der Waals surface area contributed by atoms with Crippen LogP contribution >= 0.6 is 23.4 Å². The van der Waals surface area contributed by atoms with Crippen LogP contribution in [0.4, 0.5) is 4.79 Å². The van der Waals surface area contributed by atoms with E-state index in [1.807, 2.05) is 37.3 Å². The minimum absolute atomic E-state index is 0.147. The number of hydrogen-bond acceptors (Lipinski definition) is 4. The fraction of sp³-hybridized carbons (Fsp3) is 0.200. The summed E-state index contributed by atoms with van der Waals surface area (Å²) in [5, 5.41) is 1.09. The summed E-state index contributed by atoms with van der Waals surface area (Å²) in [7, 11) is 3.34. The van der Waals surface area contributed by atoms with Crippen molar-refractivity contribution in [3.8, 4) is 0 Å². The first-order valence-corrected chi connectivity index (χ1v) is 9.25. The maximum absolute atomic E-state index is 12.5. The van der Waals surface area contributed by atoms with Gasteiger partial charge in [0.15, 0.2) is 0 Å². The van der Waals surface area contributed by atoms with Crippen LogP contribution in [0.2, 0.25) is 5.02 Å². The van der Waals surface area contributed by atoms with Crippen LogP contribution < -0.4 is 5.63 Å². The predicted octanol–water partition coefficient (Wildman–Crippen LogP) is 5.12. The lowest BCUT2D eigenvalue weighted by molar-refractivity contribution is 0.241. The number of fused-ring (bicyclic) bond motifs is 1. The number of carbonyl (C=O) groups excluding carboxylic acids is 1. The van der Waals surface area contributed by atoms with Gasteiger partial charge in [0.2, 0.25) is 0 Å². The Kier molecular flexibility index (Phi) is 5.39. The molecule has 0 unspecified atom stereocenters. The number of nitrogens with zero attached hydrogens (tertiary/aromatic N) is 1. The molecule has 0 N–H and O–H groups in total. The number of aryl methyl sites for hydroxylation is 1. The lowest BCUT2D eigenvalue weighted by Gasteiger charge is -2.12. The monoisotopic (exact) mass is 387 g/mol. The van der Waals surface area contributed by atoms with Gasteiger partial charge in [-0.05, 0) is 41.9 Å². The Hall–Kier alpha value is -2.24. The van der Waals surface area contributed by atoms with E-state index in [0.717, 1.165) is 28.3 Å². The van der Waals surface area contributed by atoms with Gasteiger partial charge < -0.3 is 9.32 Å². The van der Waals surface area contributed by atoms with Gasteiger partial charge in [-0.25, -0.2) is 4.79 Å². The maximum atomic E-state index is 12.5. The normalized spacial score (nSPS) is 10.9. The minimum Gasteiger partial charge on any atom is -0.422 e. The van der Waals surface area contributed by atoms with Crippen molar-refractivity contribution in [3.63, 3.8) is 0 Å². The Morgan fingerprint density at radius 1 is 1.19 bits per heavy atom. The van der Waals surface area contributed by atoms with E-state index in [-0.39, 0.29) is 10.9 Å². The van der Waals surface area contributed by atoms with Crippen molar-refractivity contribution < 1.29 is 9.21 Å². The molecule has 26 heavy (non-hydrogen) atoms. The van der Waals surface area contributed by atoms with Crippen LogP contribution in [0.1, 0.15) is 16.7 Å². The van der Waals surface area contributed by atoms with Gasteiger partial charge in [-0.1, -0.05) is 41.9 Å². The lowest BCUT2D eigenvalue weighted by atomic mass is 10.00. The molecule has 0 atom stereocenters. The topological polar surface area (TPSA) is 50.5 Å². The van der Waals surface area contributed by atoms with E-state index in [9.17, 15) is 9.59 Å². The van der Waals surface area contributed by atoms with Crippen molar-refractivity contribution in [1.82, 2.24) is 4.90 Å². The Morgan fingerprint density at radius 3 is 2.54 bits per heavy atom. The van der Waals surface area contributed by atoms with Crippen molar-refractivity contribution in [2.45, 2.75) is 18.2 Å². The summed E-state index contributed by atoms with van der Waals surface area (Å²) in [6.45, 7) is 1.89. The molecule has 4 nitrogen and oxygen atoms in total. The van der Waals surface area contributed by atoms with Crippen molar-refractivity contribution in [3.05, 3.63) is 74.6 Å². The molecule has 3 rings (SSSR count). The highest BCUT2D eigenvalue weighted by molar-refractivity contribution is 8.13. The Morgan fingerprint density at radius 2 is 1.88 bits per heavy atom. The van der Waals surface area contributed by atoms with Gasteiger partial charge in [-0.2, -0.15) is 0 Å². The summed E-state index contributed by atoms with van der Waals surface area (Å²) < 4.78 is 5.53. The van der Waals surface area contributed by atoms with Crippen LogP contribution in [-0.4, -0.2) is 24.2 Å². The molecule has 3 aromatic rings. The molecule has 134 valence electrons. The molecule has 1 aromatic heterocycles. The van der Waals surface area contributed by atoms with Crippen LogP contribution in [0, 0.1) is 6.92 Å². The molecule has 1 heterocycles. The summed E-state index contributed by atoms with van der Waals surface area (Å²) in [6, 6.07) is 13.2. The molecule has 0 aliphatic heterocycles. The van der Waals surface area contributed by atoms with Crippen molar-refractivity contribution in [2.24, 2.45) is 0 Å². The van der Waals surface area contributed by atoms with Crippen LogP contribution in [0.5, 0.6) is 0 Å². The summed E-state index contributed by atoms with van der Waals surface area (Å²) in [4.78, 5) is 26.5. The maximum Gasteiger partial charge on any atom is 0.340 e. The van der Waals surface area contributed by atoms with E-state index in [1.54, 1.807) is 26.2 Å². The number of amides is 1. The van der Waals surface area contributed by atoms with Gasteiger partial charge >= 0.3 is 5.63 Å². The van der Waals surface area contributed by atoms with E-state index in [1.165, 1.54) is 4.90 Å². The molecule has 0 bridgehead atoms. The smallest absolute Gasteiger partial charge is 0.340 e. The van der Waals surface area contributed by atoms with Crippen molar-refractivity contribution in [2.75, 3.05) is 14.1 Å². The zero-order chi connectivity index (χ0) is 18.8. The number of halogens is 1. The summed E-state index contributed by atoms with van der Waals surface area (Å²) in [5.41, 5.74) is 2.57. The van der Waals surface area contributed by atoms with E-state index in [4.69, 9.17) is 16.0 Å². The third kappa shape index (κ3) is 3.79. The zero-order valence-corrected chi connectivity index (χ0v) is 16.3. The fourth-order valence-electron chi connectivity index (χ4n) is 2.66. The first-order valence-electron chi connectivity index (χ1n) is 8.05. The summed E-state index contributed by atoms with van der Waals surface area (Å²) in [5.74, 6) is 0. The molecule has 2 aromatic carbocycles. The molecule has 0 spiro atoms. The highest BCUT2D eigenvalue weighted by Crippen LogP contribution is 2.34. The molecule has 0 radical (unpaired) electrons. The van der Waals surface area contributed by atoms with Crippen LogP contribution in [0.25, 0.3) is 11.0 Å². The molecule has 0 fully saturated rings. The molecule has 0 aliphatic rings. The molecule has 0 saturated heterocycles. The number of carbonyl (C=O) groups is 1. The Bertz CT molecular complexity index is 1030. The molecular weight excluding hydrogens is 370 g/mol. The molecule has 0 aliphatic carbocycles. The van der Waals surface area contributed by atoms with Gasteiger partial charge in [-0.15, -0.1) is 0 Å². The van der Waals surface area contributed by atoms with Gasteiger partial charge in [0.25, 0.3) is 5.24 Å². The standard InChI is InChI=1S/C20H18ClNO3S/c1-12-14-10-16(21)18(26-20(24)22(2)3)11-17(14)25-19(23)15(12)9-13-7-5-4-6-8-13/h4-8,10-11H,9H2,1-3H3. The van der Waals surface area contributed by atoms with Crippen molar-refractivity contribution in [1.29, 1.82) is 0 Å². The molecule has 6 heteroatoms. The Labute approximate surface area is 160 Å². The zero-order valence-electron chi connectivity index (χ0n) is 14.7. The molecule has 0 saturated carbocycles. The summed E-state index contributed by atoms with van der Waals surface area (Å²) in [6.07, 6.45) is 0.498. The summed E-state index contributed by atoms with van der Waals surface area (Å²) >= 11 is 7.37. The number of rotatable bonds is 3. The van der Waals surface area contributed by atoms with Crippen LogP contribution in [0.3, 0.4) is 0 Å². The minimum atomic E-state index is -0.365. The van der Waals surface area contributed by atoms with E-state index in [0.29, 0.717) is 27.5 Å².